The molecule has 1 atom stereocenters. The van der Waals surface area contributed by atoms with Crippen LogP contribution in [0.1, 0.15) is 49.3 Å². The van der Waals surface area contributed by atoms with Gasteiger partial charge in [-0.3, -0.25) is 5.84 Å². The summed E-state index contributed by atoms with van der Waals surface area (Å²) in [5.41, 5.74) is 10.8. The predicted octanol–water partition coefficient (Wildman–Crippen LogP) is 1.83. The van der Waals surface area contributed by atoms with Crippen molar-refractivity contribution in [3.63, 3.8) is 0 Å². The highest BCUT2D eigenvalue weighted by Gasteiger charge is 2.42. The molecule has 19 heavy (non-hydrogen) atoms. The van der Waals surface area contributed by atoms with Crippen LogP contribution in [0.2, 0.25) is 0 Å². The average molecular weight is 264 g/mol. The number of nitrogens with two attached hydrogens (primary N) is 2. The third kappa shape index (κ3) is 2.59. The van der Waals surface area contributed by atoms with E-state index in [4.69, 9.17) is 16.3 Å². The lowest BCUT2D eigenvalue weighted by atomic mass is 9.76. The summed E-state index contributed by atoms with van der Waals surface area (Å²) < 4.78 is 5.87. The number of hydrazine groups is 1. The average Bonchev–Trinajstić information content (AvgIpc) is 2.44. The Morgan fingerprint density at radius 3 is 2.58 bits per heavy atom. The minimum Gasteiger partial charge on any atom is -0.383 e. The summed E-state index contributed by atoms with van der Waals surface area (Å²) in [5.74, 6) is 6.35. The van der Waals surface area contributed by atoms with Gasteiger partial charge in [-0.1, -0.05) is 19.3 Å². The number of aryl methyl sites for hydroxylation is 1. The molecule has 1 aromatic rings. The Hall–Kier alpha value is -1.17. The molecule has 0 spiro atoms. The monoisotopic (exact) mass is 264 g/mol. The van der Waals surface area contributed by atoms with E-state index in [9.17, 15) is 0 Å². The molecular weight excluding hydrogens is 240 g/mol. The van der Waals surface area contributed by atoms with Gasteiger partial charge in [0.25, 0.3) is 0 Å². The molecule has 1 aromatic heterocycles. The Kier molecular flexibility index (Phi) is 4.39. The summed E-state index contributed by atoms with van der Waals surface area (Å²) in [6, 6.07) is 1.84. The fourth-order valence-electron chi connectivity index (χ4n) is 3.23. The molecule has 2 rings (SSSR count). The molecule has 0 radical (unpaired) electrons. The van der Waals surface area contributed by atoms with Crippen molar-refractivity contribution in [3.8, 4) is 0 Å². The summed E-state index contributed by atoms with van der Waals surface area (Å²) in [5, 5.41) is 0. The zero-order valence-corrected chi connectivity index (χ0v) is 11.8. The van der Waals surface area contributed by atoms with E-state index in [-0.39, 0.29) is 11.6 Å². The van der Waals surface area contributed by atoms with E-state index >= 15 is 0 Å². The summed E-state index contributed by atoms with van der Waals surface area (Å²) in [6.07, 6.45) is 7.28. The lowest BCUT2D eigenvalue weighted by Gasteiger charge is -2.42. The molecule has 1 unspecified atom stereocenters. The van der Waals surface area contributed by atoms with Gasteiger partial charge in [-0.2, -0.15) is 0 Å². The highest BCUT2D eigenvalue weighted by Crippen LogP contribution is 2.42. The molecule has 1 aliphatic carbocycles. The number of ether oxygens (including phenoxy) is 1. The summed E-state index contributed by atoms with van der Waals surface area (Å²) in [4.78, 5) is 4.20. The van der Waals surface area contributed by atoms with Gasteiger partial charge in [-0.25, -0.2) is 10.4 Å². The van der Waals surface area contributed by atoms with Crippen molar-refractivity contribution in [1.82, 2.24) is 10.4 Å². The van der Waals surface area contributed by atoms with Crippen molar-refractivity contribution in [1.29, 1.82) is 0 Å². The standard InChI is InChI=1S/C14H24N4O/c1-10-6-9-17-13(15)11(10)12(18-16)14(19-2)7-4-3-5-8-14/h6,9,12,18H,3-5,7-8,16H2,1-2H3,(H2,15,17). The Balaban J connectivity index is 2.43. The third-order valence-electron chi connectivity index (χ3n) is 4.33. The molecule has 1 fully saturated rings. The maximum absolute atomic E-state index is 6.06. The number of aromatic nitrogens is 1. The zero-order chi connectivity index (χ0) is 13.9. The molecule has 0 amide bonds. The number of hydrogen-bond acceptors (Lipinski definition) is 5. The first-order valence-electron chi connectivity index (χ1n) is 6.87. The molecule has 1 saturated carbocycles. The SMILES string of the molecule is COC1(C(NN)c2c(C)ccnc2N)CCCCC1. The smallest absolute Gasteiger partial charge is 0.128 e. The first kappa shape index (κ1) is 14.2. The molecule has 0 saturated heterocycles. The first-order valence-corrected chi connectivity index (χ1v) is 6.87. The van der Waals surface area contributed by atoms with Crippen molar-refractivity contribution in [2.75, 3.05) is 12.8 Å². The number of nitrogen functional groups attached to an aromatic ring is 1. The number of nitrogens with zero attached hydrogens (tertiary/aromatic N) is 1. The second-order valence-electron chi connectivity index (χ2n) is 5.36. The van der Waals surface area contributed by atoms with Crippen LogP contribution >= 0.6 is 0 Å². The Labute approximate surface area is 114 Å². The van der Waals surface area contributed by atoms with Crippen molar-refractivity contribution in [2.45, 2.75) is 50.7 Å². The number of hydrogen-bond donors (Lipinski definition) is 3. The first-order chi connectivity index (χ1) is 9.14. The van der Waals surface area contributed by atoms with Crippen LogP contribution in [0.15, 0.2) is 12.3 Å². The molecular formula is C14H24N4O. The van der Waals surface area contributed by atoms with Gasteiger partial charge < -0.3 is 10.5 Å². The quantitative estimate of drug-likeness (QED) is 0.570. The summed E-state index contributed by atoms with van der Waals surface area (Å²) >= 11 is 0. The van der Waals surface area contributed by atoms with Crippen LogP contribution in [0, 0.1) is 6.92 Å². The Morgan fingerprint density at radius 1 is 1.37 bits per heavy atom. The van der Waals surface area contributed by atoms with Gasteiger partial charge in [0, 0.05) is 18.9 Å². The van der Waals surface area contributed by atoms with Gasteiger partial charge in [0.1, 0.15) is 5.82 Å². The number of nitrogens with one attached hydrogen (secondary N) is 1. The van der Waals surface area contributed by atoms with Gasteiger partial charge >= 0.3 is 0 Å². The van der Waals surface area contributed by atoms with E-state index in [1.807, 2.05) is 13.0 Å². The highest BCUT2D eigenvalue weighted by atomic mass is 16.5. The molecule has 1 aliphatic rings. The lowest BCUT2D eigenvalue weighted by Crippen LogP contribution is -2.49. The van der Waals surface area contributed by atoms with Crippen LogP contribution < -0.4 is 17.0 Å². The maximum atomic E-state index is 6.06. The molecule has 0 bridgehead atoms. The minimum absolute atomic E-state index is 0.119. The van der Waals surface area contributed by atoms with E-state index in [2.05, 4.69) is 10.4 Å². The van der Waals surface area contributed by atoms with Gasteiger partial charge in [0.15, 0.2) is 0 Å². The number of pyridine rings is 1. The van der Waals surface area contributed by atoms with E-state index < -0.39 is 0 Å². The molecule has 1 heterocycles. The maximum Gasteiger partial charge on any atom is 0.128 e. The summed E-state index contributed by atoms with van der Waals surface area (Å²) in [7, 11) is 1.76. The van der Waals surface area contributed by atoms with Gasteiger partial charge in [0.05, 0.1) is 11.6 Å². The molecule has 106 valence electrons. The topological polar surface area (TPSA) is 86.2 Å². The molecule has 5 nitrogen and oxygen atoms in total. The normalized spacial score (nSPS) is 20.2. The highest BCUT2D eigenvalue weighted by molar-refractivity contribution is 5.47. The number of rotatable bonds is 4. The largest absolute Gasteiger partial charge is 0.383 e. The van der Waals surface area contributed by atoms with E-state index in [0.29, 0.717) is 5.82 Å². The predicted molar refractivity (Wildman–Crippen MR) is 76.3 cm³/mol. The fourth-order valence-corrected chi connectivity index (χ4v) is 3.23. The van der Waals surface area contributed by atoms with Crippen LogP contribution in [0.5, 0.6) is 0 Å². The fraction of sp³-hybridized carbons (Fsp3) is 0.643. The van der Waals surface area contributed by atoms with Crippen molar-refractivity contribution in [3.05, 3.63) is 23.4 Å². The lowest BCUT2D eigenvalue weighted by molar-refractivity contribution is -0.0688. The van der Waals surface area contributed by atoms with Gasteiger partial charge in [0.2, 0.25) is 0 Å². The minimum atomic E-state index is -0.283. The second kappa shape index (κ2) is 5.86. The number of methoxy groups -OCH3 is 1. The van der Waals surface area contributed by atoms with Gasteiger partial charge in [-0.15, -0.1) is 0 Å². The van der Waals surface area contributed by atoms with E-state index in [1.165, 1.54) is 6.42 Å². The van der Waals surface area contributed by atoms with Crippen molar-refractivity contribution >= 4 is 5.82 Å². The molecule has 0 aromatic carbocycles. The van der Waals surface area contributed by atoms with Crippen LogP contribution in [0.4, 0.5) is 5.82 Å². The molecule has 5 N–H and O–H groups in total. The van der Waals surface area contributed by atoms with Crippen molar-refractivity contribution in [2.24, 2.45) is 5.84 Å². The van der Waals surface area contributed by atoms with Crippen LogP contribution in [-0.2, 0) is 4.74 Å². The van der Waals surface area contributed by atoms with E-state index in [1.54, 1.807) is 13.3 Å². The van der Waals surface area contributed by atoms with Crippen LogP contribution in [0.25, 0.3) is 0 Å². The Bertz CT molecular complexity index is 409. The second-order valence-corrected chi connectivity index (χ2v) is 5.36. The van der Waals surface area contributed by atoms with Crippen LogP contribution in [0.3, 0.4) is 0 Å². The van der Waals surface area contributed by atoms with Gasteiger partial charge in [-0.05, 0) is 31.4 Å². The number of anilines is 1. The third-order valence-corrected chi connectivity index (χ3v) is 4.33. The Morgan fingerprint density at radius 2 is 2.05 bits per heavy atom. The molecule has 5 heteroatoms. The molecule has 0 aliphatic heterocycles. The summed E-state index contributed by atoms with van der Waals surface area (Å²) in [6.45, 7) is 2.03. The van der Waals surface area contributed by atoms with Crippen LogP contribution in [-0.4, -0.2) is 17.7 Å². The van der Waals surface area contributed by atoms with E-state index in [0.717, 1.165) is 36.8 Å². The van der Waals surface area contributed by atoms with Crippen molar-refractivity contribution < 1.29 is 4.74 Å². The zero-order valence-electron chi connectivity index (χ0n) is 11.8.